The van der Waals surface area contributed by atoms with Crippen molar-refractivity contribution in [3.63, 3.8) is 0 Å². The molecule has 0 bridgehead atoms. The lowest BCUT2D eigenvalue weighted by atomic mass is 9.87. The van der Waals surface area contributed by atoms with Crippen molar-refractivity contribution >= 4 is 32.6 Å². The van der Waals surface area contributed by atoms with E-state index in [1.54, 1.807) is 94.0 Å². The second-order valence-corrected chi connectivity index (χ2v) is 10.7. The molecule has 0 unspecified atom stereocenters. The Kier molecular flexibility index (Phi) is 6.99. The number of aryl methyl sites for hydroxylation is 1. The summed E-state index contributed by atoms with van der Waals surface area (Å²) in [6, 6.07) is 20.3. The highest BCUT2D eigenvalue weighted by Gasteiger charge is 2.31. The molecule has 3 aromatic carbocycles. The molecular formula is C28H28N2O5S. The van der Waals surface area contributed by atoms with Gasteiger partial charge in [-0.1, -0.05) is 35.9 Å². The summed E-state index contributed by atoms with van der Waals surface area (Å²) in [6.07, 6.45) is 1.38. The number of methoxy groups -OCH3 is 1. The van der Waals surface area contributed by atoms with Crippen molar-refractivity contribution in [3.05, 3.63) is 95.7 Å². The van der Waals surface area contributed by atoms with Gasteiger partial charge in [0.2, 0.25) is 5.91 Å². The molecule has 0 aliphatic rings. The number of Topliss-reactive ketones (excluding diaryl/α,β-unsaturated/α-hetero) is 1. The van der Waals surface area contributed by atoms with Crippen LogP contribution in [0.1, 0.15) is 33.8 Å². The third-order valence-electron chi connectivity index (χ3n) is 6.23. The Morgan fingerprint density at radius 2 is 1.58 bits per heavy atom. The number of amides is 1. The van der Waals surface area contributed by atoms with Gasteiger partial charge < -0.3 is 9.64 Å². The molecule has 186 valence electrons. The van der Waals surface area contributed by atoms with E-state index in [2.05, 4.69) is 0 Å². The fourth-order valence-corrected chi connectivity index (χ4v) is 5.51. The zero-order chi connectivity index (χ0) is 26.0. The number of nitrogens with zero attached hydrogens (tertiary/aromatic N) is 2. The third kappa shape index (κ3) is 4.77. The average Bonchev–Trinajstić information content (AvgIpc) is 3.27. The predicted octanol–water partition coefficient (Wildman–Crippen LogP) is 4.64. The molecule has 0 aliphatic carbocycles. The van der Waals surface area contributed by atoms with E-state index in [9.17, 15) is 18.0 Å². The minimum absolute atomic E-state index is 0.101. The molecule has 36 heavy (non-hydrogen) atoms. The van der Waals surface area contributed by atoms with Gasteiger partial charge in [0.15, 0.2) is 5.78 Å². The quantitative estimate of drug-likeness (QED) is 0.326. The summed E-state index contributed by atoms with van der Waals surface area (Å²) in [5, 5.41) is 0.603. The van der Waals surface area contributed by atoms with Crippen molar-refractivity contribution in [3.8, 4) is 5.75 Å². The summed E-state index contributed by atoms with van der Waals surface area (Å²) in [5.74, 6) is -0.788. The lowest BCUT2D eigenvalue weighted by Crippen LogP contribution is -2.26. The molecule has 0 fully saturated rings. The van der Waals surface area contributed by atoms with Crippen molar-refractivity contribution < 1.29 is 22.7 Å². The largest absolute Gasteiger partial charge is 0.497 e. The van der Waals surface area contributed by atoms with Gasteiger partial charge in [-0.3, -0.25) is 9.59 Å². The Balaban J connectivity index is 1.89. The Morgan fingerprint density at radius 3 is 2.19 bits per heavy atom. The molecular weight excluding hydrogens is 476 g/mol. The minimum atomic E-state index is -3.95. The average molecular weight is 505 g/mol. The summed E-state index contributed by atoms with van der Waals surface area (Å²) in [7, 11) is 0.849. The number of benzene rings is 3. The van der Waals surface area contributed by atoms with Gasteiger partial charge in [0.05, 0.1) is 23.4 Å². The Bertz CT molecular complexity index is 1520. The van der Waals surface area contributed by atoms with Gasteiger partial charge in [0.1, 0.15) is 5.75 Å². The number of fused-ring (bicyclic) bond motifs is 1. The standard InChI is InChI=1S/C28H28N2O5S/c1-19-9-15-22(16-10-19)36(33,34)30-18-25(23-7-5-6-8-26(23)30)24(17-27(31)29(2)3)28(32)20-11-13-21(35-4)14-12-20/h5-16,18,24H,17H2,1-4H3/t24-/m1/s1. The van der Waals surface area contributed by atoms with Gasteiger partial charge >= 0.3 is 0 Å². The van der Waals surface area contributed by atoms with Crippen molar-refractivity contribution in [2.24, 2.45) is 0 Å². The van der Waals surface area contributed by atoms with Crippen LogP contribution in [0, 0.1) is 6.92 Å². The minimum Gasteiger partial charge on any atom is -0.497 e. The van der Waals surface area contributed by atoms with E-state index >= 15 is 0 Å². The van der Waals surface area contributed by atoms with Crippen molar-refractivity contribution in [1.29, 1.82) is 0 Å². The van der Waals surface area contributed by atoms with Gasteiger partial charge in [-0.2, -0.15) is 0 Å². The molecule has 0 N–H and O–H groups in total. The molecule has 1 aromatic heterocycles. The highest BCUT2D eigenvalue weighted by Crippen LogP contribution is 2.35. The molecule has 1 heterocycles. The highest BCUT2D eigenvalue weighted by molar-refractivity contribution is 7.90. The number of carbonyl (C=O) groups is 2. The number of para-hydroxylation sites is 1. The van der Waals surface area contributed by atoms with E-state index in [0.717, 1.165) is 5.56 Å². The number of ether oxygens (including phenoxy) is 1. The van der Waals surface area contributed by atoms with Crippen molar-refractivity contribution in [2.75, 3.05) is 21.2 Å². The first kappa shape index (κ1) is 25.2. The summed E-state index contributed by atoms with van der Waals surface area (Å²) < 4.78 is 33.7. The van der Waals surface area contributed by atoms with Crippen LogP contribution in [-0.4, -0.2) is 50.2 Å². The number of rotatable bonds is 8. The van der Waals surface area contributed by atoms with Crippen molar-refractivity contribution in [1.82, 2.24) is 8.87 Å². The van der Waals surface area contributed by atoms with Crippen LogP contribution in [0.5, 0.6) is 5.75 Å². The molecule has 0 spiro atoms. The summed E-state index contributed by atoms with van der Waals surface area (Å²) in [4.78, 5) is 28.1. The van der Waals surface area contributed by atoms with Crippen LogP contribution in [0.2, 0.25) is 0 Å². The molecule has 7 nitrogen and oxygen atoms in total. The maximum absolute atomic E-state index is 13.7. The van der Waals surface area contributed by atoms with Gasteiger partial charge in [-0.05, 0) is 55.0 Å². The van der Waals surface area contributed by atoms with E-state index in [4.69, 9.17) is 4.74 Å². The lowest BCUT2D eigenvalue weighted by Gasteiger charge is -2.18. The third-order valence-corrected chi connectivity index (χ3v) is 7.92. The van der Waals surface area contributed by atoms with Gasteiger partial charge in [-0.25, -0.2) is 12.4 Å². The smallest absolute Gasteiger partial charge is 0.268 e. The van der Waals surface area contributed by atoms with Crippen LogP contribution in [0.3, 0.4) is 0 Å². The Labute approximate surface area is 211 Å². The summed E-state index contributed by atoms with van der Waals surface area (Å²) >= 11 is 0. The fourth-order valence-electron chi connectivity index (χ4n) is 4.13. The molecule has 0 saturated carbocycles. The second-order valence-electron chi connectivity index (χ2n) is 8.85. The molecule has 0 aliphatic heterocycles. The van der Waals surface area contributed by atoms with Crippen LogP contribution < -0.4 is 4.74 Å². The number of hydrogen-bond donors (Lipinski definition) is 0. The molecule has 4 rings (SSSR count). The summed E-state index contributed by atoms with van der Waals surface area (Å²) in [5.41, 5.74) is 2.28. The zero-order valence-corrected chi connectivity index (χ0v) is 21.5. The van der Waals surface area contributed by atoms with Crippen LogP contribution in [0.15, 0.2) is 83.9 Å². The molecule has 0 radical (unpaired) electrons. The van der Waals surface area contributed by atoms with Gasteiger partial charge in [-0.15, -0.1) is 0 Å². The van der Waals surface area contributed by atoms with Crippen LogP contribution in [0.25, 0.3) is 10.9 Å². The van der Waals surface area contributed by atoms with E-state index in [1.165, 1.54) is 15.1 Å². The number of hydrogen-bond acceptors (Lipinski definition) is 5. The summed E-state index contributed by atoms with van der Waals surface area (Å²) in [6.45, 7) is 1.89. The maximum Gasteiger partial charge on any atom is 0.268 e. The first-order chi connectivity index (χ1) is 17.1. The second kappa shape index (κ2) is 9.99. The van der Waals surface area contributed by atoms with E-state index in [0.29, 0.717) is 27.8 Å². The number of ketones is 1. The fraction of sp³-hybridized carbons (Fsp3) is 0.214. The molecule has 1 atom stereocenters. The number of carbonyl (C=O) groups excluding carboxylic acids is 2. The number of aromatic nitrogens is 1. The Morgan fingerprint density at radius 1 is 0.944 bits per heavy atom. The molecule has 0 saturated heterocycles. The normalized spacial score (nSPS) is 12.3. The maximum atomic E-state index is 13.7. The SMILES string of the molecule is COc1ccc(C(=O)[C@H](CC(=O)N(C)C)c2cn(S(=O)(=O)c3ccc(C)cc3)c3ccccc23)cc1. The lowest BCUT2D eigenvalue weighted by molar-refractivity contribution is -0.128. The molecule has 1 amide bonds. The topological polar surface area (TPSA) is 85.7 Å². The monoisotopic (exact) mass is 504 g/mol. The molecule has 8 heteroatoms. The first-order valence-corrected chi connectivity index (χ1v) is 12.9. The van der Waals surface area contributed by atoms with E-state index < -0.39 is 15.9 Å². The highest BCUT2D eigenvalue weighted by atomic mass is 32.2. The van der Waals surface area contributed by atoms with Crippen LogP contribution >= 0.6 is 0 Å². The van der Waals surface area contributed by atoms with E-state index in [-0.39, 0.29) is 23.0 Å². The van der Waals surface area contributed by atoms with Crippen LogP contribution in [0.4, 0.5) is 0 Å². The Hall–Kier alpha value is -3.91. The predicted molar refractivity (Wildman–Crippen MR) is 139 cm³/mol. The van der Waals surface area contributed by atoms with E-state index in [1.807, 2.05) is 6.92 Å². The van der Waals surface area contributed by atoms with Crippen LogP contribution in [-0.2, 0) is 14.8 Å². The first-order valence-electron chi connectivity index (χ1n) is 11.4. The molecule has 4 aromatic rings. The van der Waals surface area contributed by atoms with Gasteiger partial charge in [0.25, 0.3) is 10.0 Å². The zero-order valence-electron chi connectivity index (χ0n) is 20.6. The van der Waals surface area contributed by atoms with Gasteiger partial charge in [0, 0.05) is 37.7 Å². The van der Waals surface area contributed by atoms with Crippen molar-refractivity contribution in [2.45, 2.75) is 24.2 Å².